The number of halogens is 1. The smallest absolute Gasteiger partial charge is 0.326 e. The van der Waals surface area contributed by atoms with Gasteiger partial charge in [-0.3, -0.25) is 9.59 Å². The van der Waals surface area contributed by atoms with Crippen molar-refractivity contribution in [2.45, 2.75) is 31.7 Å². The monoisotopic (exact) mass is 313 g/mol. The molecule has 114 valence electrons. The van der Waals surface area contributed by atoms with Crippen molar-refractivity contribution in [3.05, 3.63) is 34.9 Å². The molecule has 0 aliphatic carbocycles. The molecule has 0 unspecified atom stereocenters. The zero-order valence-corrected chi connectivity index (χ0v) is 12.0. The molecule has 0 spiro atoms. The predicted octanol–water partition coefficient (Wildman–Crippen LogP) is 1.71. The van der Waals surface area contributed by atoms with Crippen LogP contribution in [0.3, 0.4) is 0 Å². The summed E-state index contributed by atoms with van der Waals surface area (Å²) in [6, 6.07) is 5.88. The lowest BCUT2D eigenvalue weighted by Crippen LogP contribution is -2.41. The highest BCUT2D eigenvalue weighted by molar-refractivity contribution is 6.31. The van der Waals surface area contributed by atoms with Gasteiger partial charge in [-0.25, -0.2) is 4.79 Å². The van der Waals surface area contributed by atoms with Crippen LogP contribution in [-0.2, 0) is 20.8 Å². The van der Waals surface area contributed by atoms with E-state index in [4.69, 9.17) is 21.8 Å². The van der Waals surface area contributed by atoms with Gasteiger partial charge in [0.05, 0.1) is 0 Å². The van der Waals surface area contributed by atoms with Crippen LogP contribution in [0.25, 0.3) is 0 Å². The third kappa shape index (κ3) is 6.27. The minimum absolute atomic E-state index is 0.0839. The van der Waals surface area contributed by atoms with Gasteiger partial charge in [0, 0.05) is 17.9 Å². The molecule has 0 saturated carbocycles. The minimum Gasteiger partial charge on any atom is -0.481 e. The SMILES string of the molecule is O=C(O)CC[C@H](NC(=O)CCc1ccccc1Cl)C(=O)O. The fourth-order valence-corrected chi connectivity index (χ4v) is 1.97. The number of rotatable bonds is 8. The van der Waals surface area contributed by atoms with E-state index in [1.165, 1.54) is 0 Å². The van der Waals surface area contributed by atoms with E-state index in [-0.39, 0.29) is 19.3 Å². The summed E-state index contributed by atoms with van der Waals surface area (Å²) in [5, 5.41) is 20.3. The molecule has 0 fully saturated rings. The molecule has 0 aromatic heterocycles. The molecule has 7 heteroatoms. The molecule has 0 aliphatic rings. The lowest BCUT2D eigenvalue weighted by Gasteiger charge is -2.13. The summed E-state index contributed by atoms with van der Waals surface area (Å²) in [5.41, 5.74) is 0.798. The molecule has 3 N–H and O–H groups in total. The van der Waals surface area contributed by atoms with E-state index in [2.05, 4.69) is 5.32 Å². The summed E-state index contributed by atoms with van der Waals surface area (Å²) < 4.78 is 0. The van der Waals surface area contributed by atoms with E-state index < -0.39 is 23.9 Å². The van der Waals surface area contributed by atoms with Gasteiger partial charge in [-0.1, -0.05) is 29.8 Å². The van der Waals surface area contributed by atoms with Crippen molar-refractivity contribution in [2.75, 3.05) is 0 Å². The molecule has 21 heavy (non-hydrogen) atoms. The Hall–Kier alpha value is -2.08. The summed E-state index contributed by atoms with van der Waals surface area (Å²) in [6.07, 6.45) is 0.00161. The van der Waals surface area contributed by atoms with Gasteiger partial charge in [0.1, 0.15) is 6.04 Å². The zero-order valence-electron chi connectivity index (χ0n) is 11.2. The van der Waals surface area contributed by atoms with Crippen LogP contribution in [-0.4, -0.2) is 34.1 Å². The maximum atomic E-state index is 11.7. The molecule has 0 bridgehead atoms. The number of hydrogen-bond acceptors (Lipinski definition) is 3. The largest absolute Gasteiger partial charge is 0.481 e. The van der Waals surface area contributed by atoms with Gasteiger partial charge in [-0.2, -0.15) is 0 Å². The number of nitrogens with one attached hydrogen (secondary N) is 1. The van der Waals surface area contributed by atoms with Crippen LogP contribution in [0.2, 0.25) is 5.02 Å². The Morgan fingerprint density at radius 3 is 2.38 bits per heavy atom. The fraction of sp³-hybridized carbons (Fsp3) is 0.357. The summed E-state index contributed by atoms with van der Waals surface area (Å²) >= 11 is 5.96. The first kappa shape index (κ1) is 17.0. The molecule has 1 rings (SSSR count). The first-order chi connectivity index (χ1) is 9.90. The number of aryl methyl sites for hydroxylation is 1. The highest BCUT2D eigenvalue weighted by Crippen LogP contribution is 2.16. The van der Waals surface area contributed by atoms with Crippen molar-refractivity contribution in [3.63, 3.8) is 0 Å². The highest BCUT2D eigenvalue weighted by atomic mass is 35.5. The van der Waals surface area contributed by atoms with Crippen molar-refractivity contribution in [1.29, 1.82) is 0 Å². The first-order valence-electron chi connectivity index (χ1n) is 6.37. The Balaban J connectivity index is 2.49. The lowest BCUT2D eigenvalue weighted by atomic mass is 10.1. The average molecular weight is 314 g/mol. The molecule has 0 radical (unpaired) electrons. The normalized spacial score (nSPS) is 11.7. The van der Waals surface area contributed by atoms with Crippen LogP contribution in [0, 0.1) is 0 Å². The third-order valence-electron chi connectivity index (χ3n) is 2.86. The third-order valence-corrected chi connectivity index (χ3v) is 3.23. The van der Waals surface area contributed by atoms with E-state index in [9.17, 15) is 14.4 Å². The Morgan fingerprint density at radius 1 is 1.14 bits per heavy atom. The van der Waals surface area contributed by atoms with Gasteiger partial charge in [0.25, 0.3) is 0 Å². The highest BCUT2D eigenvalue weighted by Gasteiger charge is 2.20. The first-order valence-corrected chi connectivity index (χ1v) is 6.75. The van der Waals surface area contributed by atoms with Crippen molar-refractivity contribution in [1.82, 2.24) is 5.32 Å². The van der Waals surface area contributed by atoms with E-state index >= 15 is 0 Å². The van der Waals surface area contributed by atoms with Crippen molar-refractivity contribution >= 4 is 29.4 Å². The average Bonchev–Trinajstić information content (AvgIpc) is 2.42. The molecule has 1 amide bonds. The molecule has 0 heterocycles. The fourth-order valence-electron chi connectivity index (χ4n) is 1.74. The van der Waals surface area contributed by atoms with Crippen LogP contribution in [0.1, 0.15) is 24.8 Å². The van der Waals surface area contributed by atoms with E-state index in [0.29, 0.717) is 11.4 Å². The number of carbonyl (C=O) groups is 3. The van der Waals surface area contributed by atoms with Crippen molar-refractivity contribution in [2.24, 2.45) is 0 Å². The van der Waals surface area contributed by atoms with E-state index in [0.717, 1.165) is 5.56 Å². The second-order valence-corrected chi connectivity index (χ2v) is 4.89. The molecule has 6 nitrogen and oxygen atoms in total. The van der Waals surface area contributed by atoms with Crippen LogP contribution < -0.4 is 5.32 Å². The summed E-state index contributed by atoms with van der Waals surface area (Å²) in [7, 11) is 0. The van der Waals surface area contributed by atoms with Gasteiger partial charge >= 0.3 is 11.9 Å². The van der Waals surface area contributed by atoms with Gasteiger partial charge in [0.15, 0.2) is 0 Å². The molecule has 1 aromatic rings. The Bertz CT molecular complexity index is 532. The summed E-state index contributed by atoms with van der Waals surface area (Å²) in [5.74, 6) is -2.80. The number of hydrogen-bond donors (Lipinski definition) is 3. The molecule has 1 atom stereocenters. The van der Waals surface area contributed by atoms with Crippen LogP contribution in [0.15, 0.2) is 24.3 Å². The van der Waals surface area contributed by atoms with Gasteiger partial charge < -0.3 is 15.5 Å². The molecule has 1 aromatic carbocycles. The van der Waals surface area contributed by atoms with Crippen molar-refractivity contribution < 1.29 is 24.6 Å². The van der Waals surface area contributed by atoms with Crippen LogP contribution in [0.5, 0.6) is 0 Å². The van der Waals surface area contributed by atoms with E-state index in [1.807, 2.05) is 0 Å². The van der Waals surface area contributed by atoms with Gasteiger partial charge in [-0.05, 0) is 24.5 Å². The standard InChI is InChI=1S/C14H16ClNO5/c15-10-4-2-1-3-9(10)5-7-12(17)16-11(14(20)21)6-8-13(18)19/h1-4,11H,5-8H2,(H,16,17)(H,18,19)(H,20,21)/t11-/m0/s1. The molecular formula is C14H16ClNO5. The second-order valence-electron chi connectivity index (χ2n) is 4.48. The number of amides is 1. The molecular weight excluding hydrogens is 298 g/mol. The maximum absolute atomic E-state index is 11.7. The van der Waals surface area contributed by atoms with Crippen LogP contribution >= 0.6 is 11.6 Å². The Kier molecular flexibility index (Phi) is 6.68. The lowest BCUT2D eigenvalue weighted by molar-refractivity contribution is -0.143. The quantitative estimate of drug-likeness (QED) is 0.678. The number of carboxylic acid groups (broad SMARTS) is 2. The topological polar surface area (TPSA) is 104 Å². The Morgan fingerprint density at radius 2 is 1.81 bits per heavy atom. The number of benzene rings is 1. The Labute approximate surface area is 126 Å². The number of carbonyl (C=O) groups excluding carboxylic acids is 1. The summed E-state index contributed by atoms with van der Waals surface area (Å²) in [4.78, 5) is 33.1. The van der Waals surface area contributed by atoms with Gasteiger partial charge in [-0.15, -0.1) is 0 Å². The molecule has 0 aliphatic heterocycles. The van der Waals surface area contributed by atoms with Gasteiger partial charge in [0.2, 0.25) is 5.91 Å². The van der Waals surface area contributed by atoms with Crippen LogP contribution in [0.4, 0.5) is 0 Å². The zero-order chi connectivity index (χ0) is 15.8. The number of carboxylic acids is 2. The number of aliphatic carboxylic acids is 2. The predicted molar refractivity (Wildman–Crippen MR) is 76.2 cm³/mol. The second kappa shape index (κ2) is 8.26. The maximum Gasteiger partial charge on any atom is 0.326 e. The molecule has 0 saturated heterocycles. The van der Waals surface area contributed by atoms with Crippen molar-refractivity contribution in [3.8, 4) is 0 Å². The summed E-state index contributed by atoms with van der Waals surface area (Å²) in [6.45, 7) is 0. The van der Waals surface area contributed by atoms with E-state index in [1.54, 1.807) is 24.3 Å². The minimum atomic E-state index is -1.25.